The third-order valence-corrected chi connectivity index (χ3v) is 6.72. The third kappa shape index (κ3) is 4.23. The second-order valence-electron chi connectivity index (χ2n) is 7.67. The van der Waals surface area contributed by atoms with E-state index in [2.05, 4.69) is 4.98 Å². The zero-order valence-corrected chi connectivity index (χ0v) is 18.0. The number of aliphatic hydroxyl groups excluding tert-OH is 1. The number of thioether (sulfide) groups is 1. The molecule has 1 fully saturated rings. The minimum atomic E-state index is -0.802. The van der Waals surface area contributed by atoms with Crippen LogP contribution in [0.5, 0.6) is 0 Å². The summed E-state index contributed by atoms with van der Waals surface area (Å²) in [6.07, 6.45) is 3.10. The van der Waals surface area contributed by atoms with Crippen LogP contribution >= 0.6 is 11.8 Å². The quantitative estimate of drug-likeness (QED) is 0.279. The first-order valence-electron chi connectivity index (χ1n) is 10.0. The molecular formula is C22H21N3O6S. The number of aliphatic hydroxyl groups is 1. The Hall–Kier alpha value is -3.24. The van der Waals surface area contributed by atoms with E-state index in [1.807, 2.05) is 12.1 Å². The van der Waals surface area contributed by atoms with Crippen molar-refractivity contribution in [3.05, 3.63) is 80.6 Å². The number of amides is 1. The molecule has 3 atom stereocenters. The third-order valence-electron chi connectivity index (χ3n) is 5.53. The highest BCUT2D eigenvalue weighted by molar-refractivity contribution is 8.02. The molecule has 2 unspecified atom stereocenters. The second-order valence-corrected chi connectivity index (χ2v) is 8.74. The summed E-state index contributed by atoms with van der Waals surface area (Å²) in [5, 5.41) is 20.8. The van der Waals surface area contributed by atoms with E-state index < -0.39 is 22.9 Å². The number of carbonyl (C=O) groups excluding carboxylic acids is 2. The minimum Gasteiger partial charge on any atom is -0.456 e. The standard InChI is InChI=1S/C22H21N3O6S/c1-13(26)19-17-9-18(32-12-15-3-2-8-23-10-15)20(24(17)21(19)27)22(28)31-11-14-4-6-16(7-5-14)25(29)30/h2-8,10,13,17,19,26H,9,11-12H2,1H3/t13-,17?,19?/m1/s1. The Balaban J connectivity index is 1.50. The average Bonchev–Trinajstić information content (AvgIpc) is 3.10. The van der Waals surface area contributed by atoms with Gasteiger partial charge in [0.15, 0.2) is 0 Å². The summed E-state index contributed by atoms with van der Waals surface area (Å²) in [5.74, 6) is -0.874. The number of nitrogens with zero attached hydrogens (tertiary/aromatic N) is 3. The van der Waals surface area contributed by atoms with Gasteiger partial charge in [0.25, 0.3) is 5.69 Å². The molecule has 0 spiro atoms. The van der Waals surface area contributed by atoms with Gasteiger partial charge >= 0.3 is 5.97 Å². The van der Waals surface area contributed by atoms with Crippen LogP contribution in [0.25, 0.3) is 0 Å². The molecule has 2 aliphatic rings. The van der Waals surface area contributed by atoms with Crippen molar-refractivity contribution >= 4 is 29.3 Å². The van der Waals surface area contributed by atoms with Gasteiger partial charge in [-0.15, -0.1) is 11.8 Å². The Morgan fingerprint density at radius 1 is 1.34 bits per heavy atom. The van der Waals surface area contributed by atoms with E-state index in [0.29, 0.717) is 17.7 Å². The number of β-lactam (4-membered cyclic amide) rings is 1. The predicted molar refractivity (Wildman–Crippen MR) is 116 cm³/mol. The lowest BCUT2D eigenvalue weighted by molar-refractivity contribution is -0.384. The van der Waals surface area contributed by atoms with Gasteiger partial charge < -0.3 is 14.7 Å². The lowest BCUT2D eigenvalue weighted by Crippen LogP contribution is -2.61. The van der Waals surface area contributed by atoms with Crippen LogP contribution in [0.4, 0.5) is 5.69 Å². The predicted octanol–water partition coefficient (Wildman–Crippen LogP) is 2.79. The molecule has 1 saturated heterocycles. The fraction of sp³-hybridized carbons (Fsp3) is 0.318. The monoisotopic (exact) mass is 455 g/mol. The number of ether oxygens (including phenoxy) is 1. The van der Waals surface area contributed by atoms with E-state index in [0.717, 1.165) is 10.5 Å². The molecule has 32 heavy (non-hydrogen) atoms. The molecule has 3 heterocycles. The molecule has 9 nitrogen and oxygen atoms in total. The number of hydrogen-bond donors (Lipinski definition) is 1. The van der Waals surface area contributed by atoms with Crippen molar-refractivity contribution in [3.63, 3.8) is 0 Å². The number of pyridine rings is 1. The SMILES string of the molecule is C[C@@H](O)C1C(=O)N2C(C(=O)OCc3ccc([N+](=O)[O-])cc3)=C(SCc3cccnc3)CC12. The Morgan fingerprint density at radius 3 is 2.72 bits per heavy atom. The summed E-state index contributed by atoms with van der Waals surface area (Å²) in [6.45, 7) is 1.50. The van der Waals surface area contributed by atoms with Gasteiger partial charge in [0.05, 0.1) is 23.0 Å². The van der Waals surface area contributed by atoms with Crippen molar-refractivity contribution in [3.8, 4) is 0 Å². The zero-order valence-electron chi connectivity index (χ0n) is 17.2. The molecular weight excluding hydrogens is 434 g/mol. The maximum atomic E-state index is 13.0. The highest BCUT2D eigenvalue weighted by atomic mass is 32.2. The van der Waals surface area contributed by atoms with Gasteiger partial charge in [-0.05, 0) is 36.2 Å². The number of esters is 1. The number of aromatic nitrogens is 1. The summed E-state index contributed by atoms with van der Waals surface area (Å²) in [5.41, 5.74) is 1.75. The maximum absolute atomic E-state index is 13.0. The van der Waals surface area contributed by atoms with Crippen LogP contribution in [0.2, 0.25) is 0 Å². The molecule has 1 aromatic carbocycles. The Bertz CT molecular complexity index is 1070. The van der Waals surface area contributed by atoms with Gasteiger partial charge in [0, 0.05) is 41.6 Å². The number of carbonyl (C=O) groups is 2. The summed E-state index contributed by atoms with van der Waals surface area (Å²) in [4.78, 5) is 42.1. The van der Waals surface area contributed by atoms with E-state index >= 15 is 0 Å². The Labute approximate surface area is 188 Å². The Kier molecular flexibility index (Phi) is 6.24. The van der Waals surface area contributed by atoms with Gasteiger partial charge in [0.2, 0.25) is 5.91 Å². The zero-order chi connectivity index (χ0) is 22.8. The van der Waals surface area contributed by atoms with Crippen LogP contribution < -0.4 is 0 Å². The summed E-state index contributed by atoms with van der Waals surface area (Å²) in [6, 6.07) is 9.23. The second kappa shape index (κ2) is 9.09. The molecule has 0 radical (unpaired) electrons. The average molecular weight is 455 g/mol. The summed E-state index contributed by atoms with van der Waals surface area (Å²) < 4.78 is 5.44. The van der Waals surface area contributed by atoms with E-state index in [-0.39, 0.29) is 29.9 Å². The minimum absolute atomic E-state index is 0.0501. The molecule has 2 aliphatic heterocycles. The highest BCUT2D eigenvalue weighted by Gasteiger charge is 2.57. The number of rotatable bonds is 8. The smallest absolute Gasteiger partial charge is 0.356 e. The molecule has 10 heteroatoms. The number of nitro benzene ring substituents is 1. The van der Waals surface area contributed by atoms with Crippen LogP contribution in [-0.4, -0.2) is 43.9 Å². The molecule has 0 bridgehead atoms. The largest absolute Gasteiger partial charge is 0.456 e. The Morgan fingerprint density at radius 2 is 2.09 bits per heavy atom. The first kappa shape index (κ1) is 22.0. The molecule has 1 aromatic heterocycles. The molecule has 2 aromatic rings. The first-order valence-corrected chi connectivity index (χ1v) is 11.0. The van der Waals surface area contributed by atoms with Crippen LogP contribution in [0.3, 0.4) is 0 Å². The number of hydrogen-bond acceptors (Lipinski definition) is 8. The molecule has 0 aliphatic carbocycles. The lowest BCUT2D eigenvalue weighted by atomic mass is 9.83. The topological polar surface area (TPSA) is 123 Å². The molecule has 0 saturated carbocycles. The van der Waals surface area contributed by atoms with Crippen molar-refractivity contribution in [1.29, 1.82) is 0 Å². The van der Waals surface area contributed by atoms with Crippen LogP contribution in [0.1, 0.15) is 24.5 Å². The van der Waals surface area contributed by atoms with Crippen LogP contribution in [0.15, 0.2) is 59.4 Å². The van der Waals surface area contributed by atoms with E-state index in [1.165, 1.54) is 40.9 Å². The number of non-ortho nitro benzene ring substituents is 1. The van der Waals surface area contributed by atoms with Crippen molar-refractivity contribution in [2.24, 2.45) is 5.92 Å². The van der Waals surface area contributed by atoms with Gasteiger partial charge in [-0.3, -0.25) is 19.9 Å². The van der Waals surface area contributed by atoms with Crippen molar-refractivity contribution < 1.29 is 24.4 Å². The van der Waals surface area contributed by atoms with E-state index in [4.69, 9.17) is 4.74 Å². The molecule has 1 amide bonds. The van der Waals surface area contributed by atoms with Gasteiger partial charge in [-0.25, -0.2) is 4.79 Å². The van der Waals surface area contributed by atoms with E-state index in [9.17, 15) is 24.8 Å². The van der Waals surface area contributed by atoms with E-state index in [1.54, 1.807) is 19.3 Å². The van der Waals surface area contributed by atoms with Crippen molar-refractivity contribution in [2.75, 3.05) is 0 Å². The van der Waals surface area contributed by atoms with Gasteiger partial charge in [0.1, 0.15) is 12.3 Å². The van der Waals surface area contributed by atoms with Crippen LogP contribution in [-0.2, 0) is 26.7 Å². The van der Waals surface area contributed by atoms with Gasteiger partial charge in [-0.2, -0.15) is 0 Å². The summed E-state index contributed by atoms with van der Waals surface area (Å²) >= 11 is 1.45. The highest BCUT2D eigenvalue weighted by Crippen LogP contribution is 2.47. The molecule has 4 rings (SSSR count). The number of nitro groups is 1. The number of fused-ring (bicyclic) bond motifs is 1. The van der Waals surface area contributed by atoms with Crippen LogP contribution in [0, 0.1) is 16.0 Å². The molecule has 166 valence electrons. The van der Waals surface area contributed by atoms with Gasteiger partial charge in [-0.1, -0.05) is 6.07 Å². The maximum Gasteiger partial charge on any atom is 0.356 e. The van der Waals surface area contributed by atoms with Crippen molar-refractivity contribution in [2.45, 2.75) is 37.9 Å². The number of benzene rings is 1. The fourth-order valence-corrected chi connectivity index (χ4v) is 5.05. The lowest BCUT2D eigenvalue weighted by Gasteiger charge is -2.44. The fourth-order valence-electron chi connectivity index (χ4n) is 3.93. The molecule has 1 N–H and O–H groups in total. The summed E-state index contributed by atoms with van der Waals surface area (Å²) in [7, 11) is 0. The normalized spacial score (nSPS) is 20.6. The first-order chi connectivity index (χ1) is 15.4. The van der Waals surface area contributed by atoms with Crippen molar-refractivity contribution in [1.82, 2.24) is 9.88 Å².